The highest BCUT2D eigenvalue weighted by atomic mass is 79.9. The second-order valence-corrected chi connectivity index (χ2v) is 3.50. The molecule has 0 bridgehead atoms. The fraction of sp³-hybridized carbons (Fsp3) is 0.375. The molecule has 0 unspecified atom stereocenters. The fourth-order valence-electron chi connectivity index (χ4n) is 0.857. The van der Waals surface area contributed by atoms with Gasteiger partial charge in [-0.15, -0.1) is 0 Å². The van der Waals surface area contributed by atoms with Crippen LogP contribution < -0.4 is 4.74 Å². The van der Waals surface area contributed by atoms with E-state index in [4.69, 9.17) is 4.74 Å². The van der Waals surface area contributed by atoms with Gasteiger partial charge in [-0.25, -0.2) is 4.98 Å². The number of rotatable bonds is 4. The molecule has 6 heteroatoms. The summed E-state index contributed by atoms with van der Waals surface area (Å²) in [4.78, 5) is 13.9. The van der Waals surface area contributed by atoms with Crippen LogP contribution in [-0.2, 0) is 0 Å². The van der Waals surface area contributed by atoms with Crippen molar-refractivity contribution in [3.05, 3.63) is 26.9 Å². The smallest absolute Gasteiger partial charge is 0.332 e. The van der Waals surface area contributed by atoms with Gasteiger partial charge >= 0.3 is 5.69 Å². The third kappa shape index (κ3) is 2.66. The number of nitro groups is 1. The number of aromatic nitrogens is 1. The molecule has 1 aromatic rings. The number of hydrogen-bond acceptors (Lipinski definition) is 4. The molecule has 0 saturated carbocycles. The Bertz CT molecular complexity index is 343. The number of pyridine rings is 1. The third-order valence-corrected chi connectivity index (χ3v) is 1.87. The first-order valence-corrected chi connectivity index (χ1v) is 4.87. The Morgan fingerprint density at radius 1 is 1.71 bits per heavy atom. The SMILES string of the molecule is CCCOc1ncc(Br)cc1[N+](=O)[O-]. The van der Waals surface area contributed by atoms with Crippen molar-refractivity contribution in [3.63, 3.8) is 0 Å². The number of hydrogen-bond donors (Lipinski definition) is 0. The average molecular weight is 261 g/mol. The number of ether oxygens (including phenoxy) is 1. The minimum atomic E-state index is -0.511. The highest BCUT2D eigenvalue weighted by Crippen LogP contribution is 2.27. The summed E-state index contributed by atoms with van der Waals surface area (Å²) in [5, 5.41) is 10.6. The first-order valence-electron chi connectivity index (χ1n) is 4.08. The van der Waals surface area contributed by atoms with Gasteiger partial charge in [-0.1, -0.05) is 6.92 Å². The Hall–Kier alpha value is -1.17. The highest BCUT2D eigenvalue weighted by molar-refractivity contribution is 9.10. The summed E-state index contributed by atoms with van der Waals surface area (Å²) in [6.07, 6.45) is 2.26. The molecule has 0 saturated heterocycles. The number of halogens is 1. The summed E-state index contributed by atoms with van der Waals surface area (Å²) in [5.74, 6) is 0.0695. The molecule has 1 rings (SSSR count). The van der Waals surface area contributed by atoms with Crippen LogP contribution >= 0.6 is 15.9 Å². The summed E-state index contributed by atoms with van der Waals surface area (Å²) < 4.78 is 5.69. The summed E-state index contributed by atoms with van der Waals surface area (Å²) in [6.45, 7) is 2.35. The normalized spacial score (nSPS) is 9.86. The van der Waals surface area contributed by atoms with Crippen LogP contribution in [0.25, 0.3) is 0 Å². The maximum atomic E-state index is 10.6. The third-order valence-electron chi connectivity index (χ3n) is 1.44. The standard InChI is InChI=1S/C8H9BrN2O3/c1-2-3-14-8-7(11(12)13)4-6(9)5-10-8/h4-5H,2-3H2,1H3. The van der Waals surface area contributed by atoms with Gasteiger partial charge in [0.15, 0.2) is 0 Å². The van der Waals surface area contributed by atoms with Gasteiger partial charge in [0.1, 0.15) is 0 Å². The van der Waals surface area contributed by atoms with E-state index in [1.807, 2.05) is 6.92 Å². The summed E-state index contributed by atoms with van der Waals surface area (Å²) in [7, 11) is 0. The van der Waals surface area contributed by atoms with Crippen molar-refractivity contribution in [1.29, 1.82) is 0 Å². The Morgan fingerprint density at radius 2 is 2.43 bits per heavy atom. The molecular formula is C8H9BrN2O3. The molecule has 0 aliphatic heterocycles. The maximum absolute atomic E-state index is 10.6. The van der Waals surface area contributed by atoms with Crippen LogP contribution in [0.5, 0.6) is 5.88 Å². The Balaban J connectivity index is 2.96. The molecule has 0 aromatic carbocycles. The molecule has 0 aliphatic rings. The molecule has 76 valence electrons. The van der Waals surface area contributed by atoms with E-state index in [0.717, 1.165) is 6.42 Å². The van der Waals surface area contributed by atoms with Gasteiger partial charge in [0.05, 0.1) is 11.5 Å². The topological polar surface area (TPSA) is 65.3 Å². The molecule has 0 atom stereocenters. The summed E-state index contributed by atoms with van der Waals surface area (Å²) >= 11 is 3.11. The molecule has 14 heavy (non-hydrogen) atoms. The Labute approximate surface area is 89.4 Å². The molecule has 0 spiro atoms. The van der Waals surface area contributed by atoms with Crippen molar-refractivity contribution in [2.24, 2.45) is 0 Å². The monoisotopic (exact) mass is 260 g/mol. The lowest BCUT2D eigenvalue weighted by Gasteiger charge is -2.03. The predicted molar refractivity (Wildman–Crippen MR) is 54.4 cm³/mol. The zero-order valence-corrected chi connectivity index (χ0v) is 9.15. The quantitative estimate of drug-likeness (QED) is 0.617. The minimum Gasteiger partial charge on any atom is -0.473 e. The summed E-state index contributed by atoms with van der Waals surface area (Å²) in [6, 6.07) is 1.37. The van der Waals surface area contributed by atoms with E-state index in [-0.39, 0.29) is 11.6 Å². The van der Waals surface area contributed by atoms with Crippen LogP contribution in [-0.4, -0.2) is 16.5 Å². The highest BCUT2D eigenvalue weighted by Gasteiger charge is 2.16. The Morgan fingerprint density at radius 3 is 3.00 bits per heavy atom. The van der Waals surface area contributed by atoms with Crippen molar-refractivity contribution in [1.82, 2.24) is 4.98 Å². The molecule has 0 aliphatic carbocycles. The van der Waals surface area contributed by atoms with E-state index >= 15 is 0 Å². The fourth-order valence-corrected chi connectivity index (χ4v) is 1.18. The van der Waals surface area contributed by atoms with Crippen LogP contribution in [0.2, 0.25) is 0 Å². The van der Waals surface area contributed by atoms with Crippen molar-refractivity contribution in [2.45, 2.75) is 13.3 Å². The van der Waals surface area contributed by atoms with Crippen LogP contribution in [0.4, 0.5) is 5.69 Å². The number of nitrogens with zero attached hydrogens (tertiary/aromatic N) is 2. The predicted octanol–water partition coefficient (Wildman–Crippen LogP) is 2.54. The van der Waals surface area contributed by atoms with Crippen LogP contribution in [0.15, 0.2) is 16.7 Å². The molecule has 5 nitrogen and oxygen atoms in total. The van der Waals surface area contributed by atoms with Gasteiger partial charge in [0.2, 0.25) is 0 Å². The first kappa shape index (κ1) is 10.9. The molecule has 0 radical (unpaired) electrons. The van der Waals surface area contributed by atoms with Crippen molar-refractivity contribution in [3.8, 4) is 5.88 Å². The molecular weight excluding hydrogens is 252 g/mol. The van der Waals surface area contributed by atoms with E-state index in [0.29, 0.717) is 11.1 Å². The molecule has 1 heterocycles. The van der Waals surface area contributed by atoms with Gasteiger partial charge in [0.25, 0.3) is 5.88 Å². The van der Waals surface area contributed by atoms with E-state index in [2.05, 4.69) is 20.9 Å². The van der Waals surface area contributed by atoms with Crippen molar-refractivity contribution >= 4 is 21.6 Å². The first-order chi connectivity index (χ1) is 6.65. The minimum absolute atomic E-state index is 0.0695. The largest absolute Gasteiger partial charge is 0.473 e. The van der Waals surface area contributed by atoms with Gasteiger partial charge in [0, 0.05) is 16.7 Å². The average Bonchev–Trinajstić information content (AvgIpc) is 2.15. The van der Waals surface area contributed by atoms with Gasteiger partial charge in [-0.05, 0) is 22.4 Å². The molecule has 0 fully saturated rings. The van der Waals surface area contributed by atoms with E-state index < -0.39 is 4.92 Å². The lowest BCUT2D eigenvalue weighted by atomic mass is 10.4. The maximum Gasteiger partial charge on any atom is 0.332 e. The van der Waals surface area contributed by atoms with Gasteiger partial charge < -0.3 is 4.74 Å². The second kappa shape index (κ2) is 4.90. The van der Waals surface area contributed by atoms with Gasteiger partial charge in [-0.3, -0.25) is 10.1 Å². The van der Waals surface area contributed by atoms with Crippen molar-refractivity contribution < 1.29 is 9.66 Å². The molecule has 0 amide bonds. The van der Waals surface area contributed by atoms with Crippen LogP contribution in [0, 0.1) is 10.1 Å². The van der Waals surface area contributed by atoms with E-state index in [1.54, 1.807) is 0 Å². The molecule has 0 N–H and O–H groups in total. The zero-order chi connectivity index (χ0) is 10.6. The Kier molecular flexibility index (Phi) is 3.82. The lowest BCUT2D eigenvalue weighted by molar-refractivity contribution is -0.386. The second-order valence-electron chi connectivity index (χ2n) is 2.58. The van der Waals surface area contributed by atoms with Gasteiger partial charge in [-0.2, -0.15) is 0 Å². The van der Waals surface area contributed by atoms with Crippen LogP contribution in [0.3, 0.4) is 0 Å². The summed E-state index contributed by atoms with van der Waals surface area (Å²) in [5.41, 5.74) is -0.118. The van der Waals surface area contributed by atoms with E-state index in [1.165, 1.54) is 12.3 Å². The van der Waals surface area contributed by atoms with E-state index in [9.17, 15) is 10.1 Å². The zero-order valence-electron chi connectivity index (χ0n) is 7.57. The van der Waals surface area contributed by atoms with Crippen molar-refractivity contribution in [2.75, 3.05) is 6.61 Å². The lowest BCUT2D eigenvalue weighted by Crippen LogP contribution is -2.01. The van der Waals surface area contributed by atoms with Crippen LogP contribution in [0.1, 0.15) is 13.3 Å². The molecule has 1 aromatic heterocycles.